The second-order valence-electron chi connectivity index (χ2n) is 4.51. The van der Waals surface area contributed by atoms with Crippen LogP contribution in [0.3, 0.4) is 0 Å². The van der Waals surface area contributed by atoms with Crippen LogP contribution in [0.1, 0.15) is 25.7 Å². The highest BCUT2D eigenvalue weighted by molar-refractivity contribution is 7.91. The first-order valence-corrected chi connectivity index (χ1v) is 7.43. The first kappa shape index (κ1) is 11.6. The highest BCUT2D eigenvalue weighted by atomic mass is 32.2. The Morgan fingerprint density at radius 2 is 2.31 bits per heavy atom. The fourth-order valence-electron chi connectivity index (χ4n) is 2.20. The number of allylic oxidation sites excluding steroid dienone is 1. The Bertz CT molecular complexity index is 408. The molecule has 1 atom stereocenters. The largest absolute Gasteiger partial charge is 0.501 e. The molecule has 0 bridgehead atoms. The molecule has 0 aromatic rings. The number of hydrogen-bond donors (Lipinski definition) is 0. The second-order valence-corrected chi connectivity index (χ2v) is 6.74. The fraction of sp³-hybridized carbons (Fsp3) is 0.727. The number of hydrogen-bond acceptors (Lipinski definition) is 4. The average molecular weight is 244 g/mol. The predicted octanol–water partition coefficient (Wildman–Crippen LogP) is 1.07. The number of sulfone groups is 1. The van der Waals surface area contributed by atoms with Crippen molar-refractivity contribution < 1.29 is 17.9 Å². The minimum absolute atomic E-state index is 0.0142. The number of carbonyl (C=O) groups is 1. The summed E-state index contributed by atoms with van der Waals surface area (Å²) in [4.78, 5) is 11.8. The van der Waals surface area contributed by atoms with Crippen molar-refractivity contribution in [1.82, 2.24) is 0 Å². The van der Waals surface area contributed by atoms with Crippen LogP contribution in [0.5, 0.6) is 0 Å². The molecule has 1 unspecified atom stereocenters. The van der Waals surface area contributed by atoms with Crippen LogP contribution in [-0.4, -0.2) is 32.3 Å². The van der Waals surface area contributed by atoms with Crippen molar-refractivity contribution in [3.05, 3.63) is 11.8 Å². The van der Waals surface area contributed by atoms with Crippen molar-refractivity contribution in [3.63, 3.8) is 0 Å². The molecule has 2 aliphatic heterocycles. The van der Waals surface area contributed by atoms with Crippen molar-refractivity contribution in [2.75, 3.05) is 18.1 Å². The van der Waals surface area contributed by atoms with E-state index in [0.29, 0.717) is 19.4 Å². The lowest BCUT2D eigenvalue weighted by Gasteiger charge is -2.14. The molecule has 2 rings (SSSR count). The molecule has 1 fully saturated rings. The summed E-state index contributed by atoms with van der Waals surface area (Å²) in [5.74, 6) is 0.482. The third-order valence-corrected chi connectivity index (χ3v) is 4.93. The molecule has 2 heterocycles. The summed E-state index contributed by atoms with van der Waals surface area (Å²) >= 11 is 0. The van der Waals surface area contributed by atoms with Gasteiger partial charge in [-0.05, 0) is 25.2 Å². The van der Waals surface area contributed by atoms with Crippen LogP contribution in [0.15, 0.2) is 11.8 Å². The van der Waals surface area contributed by atoms with Crippen molar-refractivity contribution in [3.8, 4) is 0 Å². The van der Waals surface area contributed by atoms with Gasteiger partial charge in [0.15, 0.2) is 15.6 Å². The van der Waals surface area contributed by atoms with E-state index in [0.717, 1.165) is 18.4 Å². The van der Waals surface area contributed by atoms with E-state index in [-0.39, 0.29) is 23.2 Å². The van der Waals surface area contributed by atoms with E-state index in [4.69, 9.17) is 4.74 Å². The fourth-order valence-corrected chi connectivity index (χ4v) is 4.06. The lowest BCUT2D eigenvalue weighted by Crippen LogP contribution is -2.14. The molecule has 5 heteroatoms. The van der Waals surface area contributed by atoms with Crippen LogP contribution < -0.4 is 0 Å². The van der Waals surface area contributed by atoms with Crippen LogP contribution in [0.2, 0.25) is 0 Å². The Balaban J connectivity index is 1.91. The summed E-state index contributed by atoms with van der Waals surface area (Å²) in [6.07, 6.45) is 4.16. The van der Waals surface area contributed by atoms with Gasteiger partial charge in [-0.3, -0.25) is 4.79 Å². The van der Waals surface area contributed by atoms with Crippen molar-refractivity contribution in [2.24, 2.45) is 5.92 Å². The number of ether oxygens (including phenoxy) is 1. The predicted molar refractivity (Wildman–Crippen MR) is 59.7 cm³/mol. The molecular formula is C11H16O4S. The van der Waals surface area contributed by atoms with Crippen LogP contribution in [0.25, 0.3) is 0 Å². The highest BCUT2D eigenvalue weighted by Crippen LogP contribution is 2.24. The Hall–Kier alpha value is -0.840. The molecule has 0 amide bonds. The van der Waals surface area contributed by atoms with Gasteiger partial charge in [-0.25, -0.2) is 8.42 Å². The van der Waals surface area contributed by atoms with Crippen LogP contribution in [0, 0.1) is 5.92 Å². The standard InChI is InChI=1S/C11H16O4S/c12-11(10-2-1-4-15-7-10)6-9-3-5-16(13,14)8-9/h7,9H,1-6,8H2. The van der Waals surface area contributed by atoms with Crippen molar-refractivity contribution in [2.45, 2.75) is 25.7 Å². The molecule has 2 aliphatic rings. The maximum absolute atomic E-state index is 11.8. The van der Waals surface area contributed by atoms with Gasteiger partial charge in [0.05, 0.1) is 24.4 Å². The summed E-state index contributed by atoms with van der Waals surface area (Å²) in [5, 5.41) is 0. The Morgan fingerprint density at radius 1 is 1.50 bits per heavy atom. The zero-order valence-corrected chi connectivity index (χ0v) is 9.96. The molecule has 0 aromatic heterocycles. The van der Waals surface area contributed by atoms with Gasteiger partial charge in [0.1, 0.15) is 0 Å². The molecule has 0 aromatic carbocycles. The van der Waals surface area contributed by atoms with Crippen LogP contribution >= 0.6 is 0 Å². The van der Waals surface area contributed by atoms with Gasteiger partial charge in [0, 0.05) is 12.0 Å². The van der Waals surface area contributed by atoms with Gasteiger partial charge < -0.3 is 4.74 Å². The normalized spacial score (nSPS) is 28.2. The minimum Gasteiger partial charge on any atom is -0.501 e. The van der Waals surface area contributed by atoms with E-state index < -0.39 is 9.84 Å². The van der Waals surface area contributed by atoms with Gasteiger partial charge in [-0.2, -0.15) is 0 Å². The van der Waals surface area contributed by atoms with E-state index >= 15 is 0 Å². The first-order chi connectivity index (χ1) is 7.57. The molecule has 16 heavy (non-hydrogen) atoms. The molecule has 90 valence electrons. The second kappa shape index (κ2) is 4.57. The number of Topliss-reactive ketones (excluding diaryl/α,β-unsaturated/α-hetero) is 1. The smallest absolute Gasteiger partial charge is 0.162 e. The summed E-state index contributed by atoms with van der Waals surface area (Å²) in [6.45, 7) is 0.675. The first-order valence-electron chi connectivity index (χ1n) is 5.61. The van der Waals surface area contributed by atoms with Gasteiger partial charge in [-0.1, -0.05) is 0 Å². The third kappa shape index (κ3) is 2.84. The molecular weight excluding hydrogens is 228 g/mol. The van der Waals surface area contributed by atoms with Gasteiger partial charge in [0.25, 0.3) is 0 Å². The van der Waals surface area contributed by atoms with Crippen LogP contribution in [-0.2, 0) is 19.4 Å². The van der Waals surface area contributed by atoms with E-state index in [1.807, 2.05) is 0 Å². The molecule has 0 N–H and O–H groups in total. The maximum atomic E-state index is 11.8. The third-order valence-electron chi connectivity index (χ3n) is 3.09. The summed E-state index contributed by atoms with van der Waals surface area (Å²) in [5.41, 5.74) is 0.718. The molecule has 0 radical (unpaired) electrons. The lowest BCUT2D eigenvalue weighted by molar-refractivity contribution is -0.116. The quantitative estimate of drug-likeness (QED) is 0.745. The number of carbonyl (C=O) groups excluding carboxylic acids is 1. The Morgan fingerprint density at radius 3 is 2.88 bits per heavy atom. The molecule has 4 nitrogen and oxygen atoms in total. The summed E-state index contributed by atoms with van der Waals surface area (Å²) < 4.78 is 27.6. The Labute approximate surface area is 95.6 Å². The van der Waals surface area contributed by atoms with E-state index in [1.165, 1.54) is 6.26 Å². The molecule has 0 spiro atoms. The summed E-state index contributed by atoms with van der Waals surface area (Å²) in [6, 6.07) is 0. The summed E-state index contributed by atoms with van der Waals surface area (Å²) in [7, 11) is -2.87. The van der Waals surface area contributed by atoms with Crippen LogP contribution in [0.4, 0.5) is 0 Å². The highest BCUT2D eigenvalue weighted by Gasteiger charge is 2.30. The van der Waals surface area contributed by atoms with E-state index in [2.05, 4.69) is 0 Å². The lowest BCUT2D eigenvalue weighted by atomic mass is 9.96. The average Bonchev–Trinajstić information content (AvgIpc) is 2.59. The van der Waals surface area contributed by atoms with Gasteiger partial charge in [-0.15, -0.1) is 0 Å². The zero-order chi connectivity index (χ0) is 11.6. The minimum atomic E-state index is -2.87. The monoisotopic (exact) mass is 244 g/mol. The molecule has 0 saturated carbocycles. The van der Waals surface area contributed by atoms with E-state index in [1.54, 1.807) is 0 Å². The molecule has 0 aliphatic carbocycles. The van der Waals surface area contributed by atoms with Gasteiger partial charge >= 0.3 is 0 Å². The van der Waals surface area contributed by atoms with E-state index in [9.17, 15) is 13.2 Å². The van der Waals surface area contributed by atoms with Gasteiger partial charge in [0.2, 0.25) is 0 Å². The number of rotatable bonds is 3. The number of ketones is 1. The topological polar surface area (TPSA) is 60.4 Å². The zero-order valence-electron chi connectivity index (χ0n) is 9.15. The maximum Gasteiger partial charge on any atom is 0.162 e. The Kier molecular flexibility index (Phi) is 3.33. The SMILES string of the molecule is O=C(CC1CCS(=O)(=O)C1)C1=COCCC1. The van der Waals surface area contributed by atoms with Crippen molar-refractivity contribution >= 4 is 15.6 Å². The van der Waals surface area contributed by atoms with Crippen molar-refractivity contribution in [1.29, 1.82) is 0 Å². The molecule has 1 saturated heterocycles.